The van der Waals surface area contributed by atoms with Crippen molar-refractivity contribution in [1.29, 1.82) is 0 Å². The third-order valence-electron chi connectivity index (χ3n) is 10.7. The lowest BCUT2D eigenvalue weighted by atomic mass is 10.1. The molecule has 0 radical (unpaired) electrons. The highest BCUT2D eigenvalue weighted by Crippen LogP contribution is 2.19. The van der Waals surface area contributed by atoms with Gasteiger partial charge in [-0.05, 0) is 121 Å². The lowest BCUT2D eigenvalue weighted by Gasteiger charge is -2.13. The normalized spacial score (nSPS) is 10.7. The van der Waals surface area contributed by atoms with Gasteiger partial charge in [-0.2, -0.15) is 0 Å². The third kappa shape index (κ3) is 10.3. The highest BCUT2D eigenvalue weighted by molar-refractivity contribution is 5.94. The topological polar surface area (TPSA) is 217 Å². The van der Waals surface area contributed by atoms with Crippen molar-refractivity contribution in [3.05, 3.63) is 214 Å². The molecule has 0 bridgehead atoms. The van der Waals surface area contributed by atoms with E-state index in [0.717, 1.165) is 28.5 Å². The molecule has 0 fully saturated rings. The number of hydrogen-bond acceptors (Lipinski definition) is 6. The van der Waals surface area contributed by atoms with Crippen LogP contribution in [-0.4, -0.2) is 52.9 Å². The fourth-order valence-corrected chi connectivity index (χ4v) is 7.51. The number of hydrogen-bond donors (Lipinski definition) is 2. The van der Waals surface area contributed by atoms with E-state index in [-0.39, 0.29) is 54.6 Å². The molecule has 17 nitrogen and oxygen atoms in total. The summed E-state index contributed by atoms with van der Waals surface area (Å²) >= 11 is 0. The van der Waals surface area contributed by atoms with Crippen LogP contribution in [0.1, 0.15) is 29.3 Å². The Hall–Kier alpha value is -8.99. The van der Waals surface area contributed by atoms with E-state index >= 15 is 0 Å². The fourth-order valence-electron chi connectivity index (χ4n) is 7.51. The smallest absolute Gasteiger partial charge is 0.275 e. The second kappa shape index (κ2) is 21.3. The Morgan fingerprint density at radius 3 is 1.62 bits per heavy atom. The van der Waals surface area contributed by atoms with Crippen LogP contribution in [0.5, 0.6) is 0 Å². The summed E-state index contributed by atoms with van der Waals surface area (Å²) in [4.78, 5) is 56.9. The number of azide groups is 2. The minimum Gasteiger partial charge on any atom is -0.350 e. The average molecular weight is 922 g/mol. The van der Waals surface area contributed by atoms with E-state index in [0.29, 0.717) is 45.2 Å². The molecule has 10 aromatic rings. The Kier molecular flexibility index (Phi) is 14.7. The molecule has 0 atom stereocenters. The summed E-state index contributed by atoms with van der Waals surface area (Å²) in [6.07, 6.45) is 6.25. The lowest BCUT2D eigenvalue weighted by Crippen LogP contribution is -2.31. The molecule has 0 unspecified atom stereocenters. The summed E-state index contributed by atoms with van der Waals surface area (Å²) in [7, 11) is 0. The molecule has 0 aliphatic heterocycles. The van der Waals surface area contributed by atoms with Gasteiger partial charge in [-0.3, -0.25) is 19.2 Å². The highest BCUT2D eigenvalue weighted by atomic mass is 19.1. The van der Waals surface area contributed by atoms with Crippen LogP contribution < -0.4 is 22.0 Å². The monoisotopic (exact) mass is 921 g/mol. The van der Waals surface area contributed by atoms with Gasteiger partial charge >= 0.3 is 0 Å². The van der Waals surface area contributed by atoms with Crippen LogP contribution in [0.2, 0.25) is 0 Å². The van der Waals surface area contributed by atoms with Crippen molar-refractivity contribution < 1.29 is 18.0 Å². The van der Waals surface area contributed by atoms with Crippen molar-refractivity contribution in [3.8, 4) is 0 Å². The van der Waals surface area contributed by atoms with Gasteiger partial charge < -0.3 is 32.6 Å². The van der Waals surface area contributed by atoms with E-state index < -0.39 is 11.6 Å². The zero-order valence-corrected chi connectivity index (χ0v) is 36.6. The van der Waals surface area contributed by atoms with Gasteiger partial charge in [-0.1, -0.05) is 41.3 Å². The van der Waals surface area contributed by atoms with Crippen molar-refractivity contribution in [2.75, 3.05) is 19.6 Å². The van der Waals surface area contributed by atoms with Crippen LogP contribution in [0.15, 0.2) is 158 Å². The van der Waals surface area contributed by atoms with Crippen LogP contribution in [-0.2, 0) is 13.1 Å². The summed E-state index contributed by atoms with van der Waals surface area (Å²) < 4.78 is 48.4. The Labute approximate surface area is 382 Å². The van der Waals surface area contributed by atoms with Crippen LogP contribution in [0.25, 0.3) is 70.5 Å². The molecule has 20 heteroatoms. The summed E-state index contributed by atoms with van der Waals surface area (Å²) in [5, 5.41) is 9.51. The molecule has 68 heavy (non-hydrogen) atoms. The number of carbonyl (C=O) groups is 1. The van der Waals surface area contributed by atoms with Gasteiger partial charge in [0.25, 0.3) is 22.6 Å². The number of nitrogens with one attached hydrogen (secondary N) is 2. The summed E-state index contributed by atoms with van der Waals surface area (Å²) in [6, 6.07) is 30.7. The van der Waals surface area contributed by atoms with Crippen molar-refractivity contribution in [3.63, 3.8) is 0 Å². The largest absolute Gasteiger partial charge is 0.350 e. The molecule has 0 saturated carbocycles. The molecular weight excluding hydrogens is 880 g/mol. The number of nitrogens with zero attached hydrogens (tertiary/aromatic N) is 11. The van der Waals surface area contributed by atoms with E-state index in [4.69, 9.17) is 11.1 Å². The number of rotatable bonds is 9. The van der Waals surface area contributed by atoms with Crippen LogP contribution in [0.4, 0.5) is 13.2 Å². The number of aromatic nitrogens is 6. The first-order valence-electron chi connectivity index (χ1n) is 21.2. The molecule has 6 aromatic heterocycles. The van der Waals surface area contributed by atoms with Gasteiger partial charge in [0.2, 0.25) is 0 Å². The summed E-state index contributed by atoms with van der Waals surface area (Å²) in [5.41, 5.74) is 22.3. The summed E-state index contributed by atoms with van der Waals surface area (Å²) in [6.45, 7) is 5.40. The Bertz CT molecular complexity index is 3740. The number of aromatic amines is 1. The molecule has 4 aromatic carbocycles. The molecule has 344 valence electrons. The SMILES string of the molecule is CCCN=[N+]=[N-].Cc1ccc(C(=O)NCCn2c(=O)c3cccn3c3ccc(F)cc32)cc1.O=c1[nH]c2cc(F)ccc2n2cccc12.[N-]=[N+]=NCCn1c(=O)c2cccn2c2ccc(F)cc21. The average Bonchev–Trinajstić information content (AvgIpc) is 4.15. The van der Waals surface area contributed by atoms with Crippen molar-refractivity contribution >= 4 is 55.6 Å². The van der Waals surface area contributed by atoms with Crippen LogP contribution in [0, 0.1) is 24.4 Å². The van der Waals surface area contributed by atoms with Crippen LogP contribution >= 0.6 is 0 Å². The number of halogens is 3. The summed E-state index contributed by atoms with van der Waals surface area (Å²) in [5.74, 6) is -1.39. The second-order valence-electron chi connectivity index (χ2n) is 15.1. The standard InChI is InChI=1S/C21H18FN3O2.C13H10FN5O.C11H7FN2O.C3H7N3/c1-14-4-6-15(7-5-14)20(26)23-10-12-25-19-13-16(22)8-9-17(19)24-11-2-3-18(24)21(25)27;14-9-3-4-10-12(8-9)19(7-5-16-17-15)13(20)11-2-1-6-18(10)11;12-7-3-4-9-8(6-7)13-11(15)10-2-1-5-14(9)10;1-2-3-5-6-4/h2-9,11,13H,10,12H2,1H3,(H,23,26);1-4,6,8H,5,7H2;1-6H,(H,13,15);2-3H2,1H3. The number of fused-ring (bicyclic) bond motifs is 9. The number of carbonyl (C=O) groups excluding carboxylic acids is 1. The number of amides is 1. The zero-order chi connectivity index (χ0) is 48.3. The molecule has 0 saturated heterocycles. The second-order valence-corrected chi connectivity index (χ2v) is 15.1. The Balaban J connectivity index is 0.000000147. The Morgan fingerprint density at radius 1 is 0.603 bits per heavy atom. The van der Waals surface area contributed by atoms with Gasteiger partial charge in [0.15, 0.2) is 0 Å². The molecule has 0 aliphatic rings. The minimum absolute atomic E-state index is 0.138. The van der Waals surface area contributed by atoms with Gasteiger partial charge in [-0.25, -0.2) is 13.2 Å². The first kappa shape index (κ1) is 47.0. The maximum atomic E-state index is 13.8. The minimum atomic E-state index is -0.416. The molecule has 6 heterocycles. The van der Waals surface area contributed by atoms with Crippen molar-refractivity contribution in [2.45, 2.75) is 33.4 Å². The van der Waals surface area contributed by atoms with E-state index in [1.54, 1.807) is 98.5 Å². The van der Waals surface area contributed by atoms with Gasteiger partial charge in [0.1, 0.15) is 34.0 Å². The molecule has 0 spiro atoms. The van der Waals surface area contributed by atoms with Crippen LogP contribution in [0.3, 0.4) is 0 Å². The maximum absolute atomic E-state index is 13.8. The molecule has 2 N–H and O–H groups in total. The van der Waals surface area contributed by atoms with Gasteiger partial charge in [0.05, 0.1) is 33.1 Å². The van der Waals surface area contributed by atoms with E-state index in [2.05, 4.69) is 30.4 Å². The van der Waals surface area contributed by atoms with Crippen molar-refractivity contribution in [1.82, 2.24) is 32.6 Å². The van der Waals surface area contributed by atoms with E-state index in [9.17, 15) is 32.3 Å². The lowest BCUT2D eigenvalue weighted by molar-refractivity contribution is 0.0952. The predicted octanol–water partition coefficient (Wildman–Crippen LogP) is 9.46. The molecular formula is C48H42F3N13O4. The van der Waals surface area contributed by atoms with Crippen molar-refractivity contribution in [2.24, 2.45) is 10.2 Å². The van der Waals surface area contributed by atoms with E-state index in [1.807, 2.05) is 26.0 Å². The zero-order valence-electron chi connectivity index (χ0n) is 36.6. The molecule has 1 amide bonds. The quantitative estimate of drug-likeness (QED) is 0.0821. The first-order chi connectivity index (χ1) is 32.9. The number of aryl methyl sites for hydroxylation is 1. The number of H-pyrrole nitrogens is 1. The molecule has 0 aliphatic carbocycles. The third-order valence-corrected chi connectivity index (χ3v) is 10.7. The maximum Gasteiger partial charge on any atom is 0.275 e. The fraction of sp³-hybridized carbons (Fsp3) is 0.167. The first-order valence-corrected chi connectivity index (χ1v) is 21.2. The number of benzene rings is 4. The van der Waals surface area contributed by atoms with E-state index in [1.165, 1.54) is 45.5 Å². The molecule has 10 rings (SSSR count). The van der Waals surface area contributed by atoms with Gasteiger partial charge in [-0.15, -0.1) is 0 Å². The van der Waals surface area contributed by atoms with Gasteiger partial charge in [0, 0.05) is 66.7 Å². The highest BCUT2D eigenvalue weighted by Gasteiger charge is 2.13. The predicted molar refractivity (Wildman–Crippen MR) is 256 cm³/mol. The Morgan fingerprint density at radius 2 is 1.09 bits per heavy atom.